The van der Waals surface area contributed by atoms with Crippen LogP contribution in [0, 0.1) is 17.8 Å². The van der Waals surface area contributed by atoms with Crippen LogP contribution in [0.3, 0.4) is 0 Å². The Morgan fingerprint density at radius 2 is 1.45 bits per heavy atom. The summed E-state index contributed by atoms with van der Waals surface area (Å²) in [5.41, 5.74) is 2.86. The predicted octanol–water partition coefficient (Wildman–Crippen LogP) is 8.64. The fourth-order valence-corrected chi connectivity index (χ4v) is 5.99. The molecule has 2 aliphatic rings. The zero-order valence-electron chi connectivity index (χ0n) is 20.1. The molecule has 0 aromatic heterocycles. The molecule has 0 unspecified atom stereocenters. The maximum atomic E-state index is 11.8. The van der Waals surface area contributed by atoms with E-state index in [0.29, 0.717) is 11.5 Å². The van der Waals surface area contributed by atoms with Gasteiger partial charge in [0.2, 0.25) is 0 Å². The van der Waals surface area contributed by atoms with Crippen molar-refractivity contribution < 1.29 is 4.79 Å². The molecule has 0 atom stereocenters. The number of hydrogen-bond acceptors (Lipinski definition) is 1. The first-order chi connectivity index (χ1) is 15.1. The fraction of sp³-hybridized carbons (Fsp3) is 0.690. The van der Waals surface area contributed by atoms with Crippen LogP contribution in [-0.4, -0.2) is 5.91 Å². The van der Waals surface area contributed by atoms with Gasteiger partial charge in [0.05, 0.1) is 0 Å². The molecule has 2 heteroatoms. The van der Waals surface area contributed by atoms with Crippen LogP contribution in [0.1, 0.15) is 115 Å². The number of anilines is 1. The van der Waals surface area contributed by atoms with Crippen molar-refractivity contribution in [1.82, 2.24) is 0 Å². The number of benzene rings is 1. The van der Waals surface area contributed by atoms with Crippen molar-refractivity contribution in [3.63, 3.8) is 0 Å². The largest absolute Gasteiger partial charge is 0.322 e. The number of rotatable bonds is 10. The maximum absolute atomic E-state index is 11.8. The van der Waals surface area contributed by atoms with E-state index in [2.05, 4.69) is 31.0 Å². The van der Waals surface area contributed by atoms with Crippen LogP contribution in [-0.2, 0) is 4.79 Å². The van der Waals surface area contributed by atoms with E-state index >= 15 is 0 Å². The third kappa shape index (κ3) is 7.51. The van der Waals surface area contributed by atoms with E-state index in [0.717, 1.165) is 23.4 Å². The molecule has 1 N–H and O–H groups in total. The van der Waals surface area contributed by atoms with Crippen LogP contribution in [0.15, 0.2) is 36.4 Å². The molecule has 0 bridgehead atoms. The first kappa shape index (κ1) is 24.1. The van der Waals surface area contributed by atoms with E-state index in [-0.39, 0.29) is 5.91 Å². The first-order valence-corrected chi connectivity index (χ1v) is 13.1. The van der Waals surface area contributed by atoms with Crippen molar-refractivity contribution in [2.75, 3.05) is 5.32 Å². The SMILES string of the molecule is C=C(C)C(=O)Nc1ccc(C2CCC(C3CCC(CCCCCCC)CC3)CC2)cc1. The van der Waals surface area contributed by atoms with E-state index in [1.807, 2.05) is 12.1 Å². The van der Waals surface area contributed by atoms with Gasteiger partial charge in [0, 0.05) is 11.3 Å². The van der Waals surface area contributed by atoms with Gasteiger partial charge in [0.1, 0.15) is 0 Å². The summed E-state index contributed by atoms with van der Waals surface area (Å²) in [5.74, 6) is 3.59. The molecule has 172 valence electrons. The molecule has 3 rings (SSSR count). The number of carbonyl (C=O) groups is 1. The van der Waals surface area contributed by atoms with Crippen LogP contribution in [0.2, 0.25) is 0 Å². The van der Waals surface area contributed by atoms with Gasteiger partial charge in [0.25, 0.3) is 5.91 Å². The van der Waals surface area contributed by atoms with Crippen molar-refractivity contribution in [3.05, 3.63) is 42.0 Å². The number of unbranched alkanes of at least 4 members (excludes halogenated alkanes) is 4. The van der Waals surface area contributed by atoms with Crippen LogP contribution in [0.5, 0.6) is 0 Å². The van der Waals surface area contributed by atoms with Crippen LogP contribution in [0.4, 0.5) is 5.69 Å². The second-order valence-electron chi connectivity index (χ2n) is 10.5. The summed E-state index contributed by atoms with van der Waals surface area (Å²) in [6.45, 7) is 7.74. The highest BCUT2D eigenvalue weighted by Crippen LogP contribution is 2.44. The van der Waals surface area contributed by atoms with E-state index in [1.54, 1.807) is 6.92 Å². The Bertz CT molecular complexity index is 675. The molecule has 1 aromatic carbocycles. The molecular weight excluding hydrogens is 378 g/mol. The molecule has 2 aliphatic carbocycles. The van der Waals surface area contributed by atoms with Crippen molar-refractivity contribution in [3.8, 4) is 0 Å². The molecule has 0 heterocycles. The highest BCUT2D eigenvalue weighted by molar-refractivity contribution is 6.02. The standard InChI is InChI=1S/C29H45NO/c1-4-5-6-7-8-9-23-10-12-24(13-11-23)25-14-16-26(17-15-25)27-18-20-28(21-19-27)30-29(31)22(2)3/h18-21,23-26H,2,4-17H2,1,3H3,(H,30,31). The second-order valence-corrected chi connectivity index (χ2v) is 10.5. The quantitative estimate of drug-likeness (QED) is 0.296. The zero-order chi connectivity index (χ0) is 22.1. The highest BCUT2D eigenvalue weighted by Gasteiger charge is 2.31. The van der Waals surface area contributed by atoms with Crippen molar-refractivity contribution in [2.24, 2.45) is 17.8 Å². The molecule has 2 fully saturated rings. The molecule has 1 amide bonds. The lowest BCUT2D eigenvalue weighted by atomic mass is 9.68. The average Bonchev–Trinajstić information content (AvgIpc) is 2.80. The third-order valence-corrected chi connectivity index (χ3v) is 8.07. The number of carbonyl (C=O) groups excluding carboxylic acids is 1. The lowest BCUT2D eigenvalue weighted by Gasteiger charge is -2.38. The Morgan fingerprint density at radius 1 is 0.871 bits per heavy atom. The summed E-state index contributed by atoms with van der Waals surface area (Å²) in [6, 6.07) is 8.52. The summed E-state index contributed by atoms with van der Waals surface area (Å²) >= 11 is 0. The van der Waals surface area contributed by atoms with Crippen molar-refractivity contribution in [1.29, 1.82) is 0 Å². The van der Waals surface area contributed by atoms with Gasteiger partial charge in [-0.3, -0.25) is 4.79 Å². The molecule has 0 radical (unpaired) electrons. The molecule has 0 saturated heterocycles. The highest BCUT2D eigenvalue weighted by atomic mass is 16.1. The van der Waals surface area contributed by atoms with Gasteiger partial charge in [0.15, 0.2) is 0 Å². The van der Waals surface area contributed by atoms with Gasteiger partial charge in [-0.2, -0.15) is 0 Å². The lowest BCUT2D eigenvalue weighted by molar-refractivity contribution is -0.112. The third-order valence-electron chi connectivity index (χ3n) is 8.07. The minimum Gasteiger partial charge on any atom is -0.322 e. The minimum atomic E-state index is -0.0977. The molecule has 1 aromatic rings. The average molecular weight is 424 g/mol. The Morgan fingerprint density at radius 3 is 2.03 bits per heavy atom. The lowest BCUT2D eigenvalue weighted by Crippen LogP contribution is -2.25. The topological polar surface area (TPSA) is 29.1 Å². The summed E-state index contributed by atoms with van der Waals surface area (Å²) in [5, 5.41) is 2.91. The van der Waals surface area contributed by atoms with E-state index in [9.17, 15) is 4.79 Å². The van der Waals surface area contributed by atoms with Gasteiger partial charge >= 0.3 is 0 Å². The van der Waals surface area contributed by atoms with Crippen molar-refractivity contribution >= 4 is 11.6 Å². The van der Waals surface area contributed by atoms with Crippen LogP contribution in [0.25, 0.3) is 0 Å². The Balaban J connectivity index is 1.36. The summed E-state index contributed by atoms with van der Waals surface area (Å²) in [7, 11) is 0. The Labute approximate surface area is 191 Å². The number of amides is 1. The van der Waals surface area contributed by atoms with Crippen molar-refractivity contribution in [2.45, 2.75) is 110 Å². The molecule has 0 aliphatic heterocycles. The van der Waals surface area contributed by atoms with Gasteiger partial charge in [-0.05, 0) is 86.8 Å². The molecule has 0 spiro atoms. The smallest absolute Gasteiger partial charge is 0.250 e. The number of nitrogens with one attached hydrogen (secondary N) is 1. The summed E-state index contributed by atoms with van der Waals surface area (Å²) in [6.07, 6.45) is 20.1. The molecule has 31 heavy (non-hydrogen) atoms. The summed E-state index contributed by atoms with van der Waals surface area (Å²) < 4.78 is 0. The van der Waals surface area contributed by atoms with Crippen LogP contribution < -0.4 is 5.32 Å². The van der Waals surface area contributed by atoms with E-state index in [1.165, 1.54) is 95.5 Å². The minimum absolute atomic E-state index is 0.0977. The van der Waals surface area contributed by atoms with Gasteiger partial charge in [-0.1, -0.05) is 77.0 Å². The Hall–Kier alpha value is -1.57. The summed E-state index contributed by atoms with van der Waals surface area (Å²) in [4.78, 5) is 11.8. The normalized spacial score (nSPS) is 26.4. The monoisotopic (exact) mass is 423 g/mol. The molecule has 2 saturated carbocycles. The number of hydrogen-bond donors (Lipinski definition) is 1. The molecule has 2 nitrogen and oxygen atoms in total. The first-order valence-electron chi connectivity index (χ1n) is 13.1. The van der Waals surface area contributed by atoms with Gasteiger partial charge < -0.3 is 5.32 Å². The fourth-order valence-electron chi connectivity index (χ4n) is 5.99. The van der Waals surface area contributed by atoms with E-state index < -0.39 is 0 Å². The zero-order valence-corrected chi connectivity index (χ0v) is 20.1. The Kier molecular flexibility index (Phi) is 9.68. The van der Waals surface area contributed by atoms with Gasteiger partial charge in [-0.15, -0.1) is 0 Å². The second kappa shape index (κ2) is 12.5. The van der Waals surface area contributed by atoms with Crippen LogP contribution >= 0.6 is 0 Å². The molecular formula is C29H45NO. The maximum Gasteiger partial charge on any atom is 0.250 e. The van der Waals surface area contributed by atoms with E-state index in [4.69, 9.17) is 0 Å². The predicted molar refractivity (Wildman–Crippen MR) is 133 cm³/mol. The van der Waals surface area contributed by atoms with Gasteiger partial charge in [-0.25, -0.2) is 0 Å².